The molecule has 1 aromatic carbocycles. The molecule has 96 valence electrons. The van der Waals surface area contributed by atoms with E-state index < -0.39 is 11.9 Å². The summed E-state index contributed by atoms with van der Waals surface area (Å²) >= 11 is 5.87. The Hall–Kier alpha value is -2.61. The Bertz CT molecular complexity index is 710. The summed E-state index contributed by atoms with van der Waals surface area (Å²) in [5.74, 6) is -0.662. The molecule has 3 rings (SSSR count). The number of aromatic nitrogens is 3. The molecule has 1 aliphatic heterocycles. The molecule has 8 nitrogen and oxygen atoms in total. The van der Waals surface area contributed by atoms with Crippen molar-refractivity contribution in [3.8, 4) is 5.69 Å². The third-order valence-electron chi connectivity index (χ3n) is 2.57. The summed E-state index contributed by atoms with van der Waals surface area (Å²) in [6, 6.07) is 4.31. The fourth-order valence-electron chi connectivity index (χ4n) is 1.78. The van der Waals surface area contributed by atoms with Gasteiger partial charge in [-0.15, -0.1) is 5.10 Å². The van der Waals surface area contributed by atoms with E-state index in [2.05, 4.69) is 20.9 Å². The van der Waals surface area contributed by atoms with Gasteiger partial charge in [0, 0.05) is 5.02 Å². The van der Waals surface area contributed by atoms with Crippen LogP contribution in [0.4, 0.5) is 16.3 Å². The summed E-state index contributed by atoms with van der Waals surface area (Å²) in [6.45, 7) is 0. The molecule has 19 heavy (non-hydrogen) atoms. The van der Waals surface area contributed by atoms with E-state index in [-0.39, 0.29) is 11.5 Å². The summed E-state index contributed by atoms with van der Waals surface area (Å²) in [5, 5.41) is 13.0. The molecule has 0 fully saturated rings. The molecule has 0 radical (unpaired) electrons. The highest BCUT2D eigenvalue weighted by molar-refractivity contribution is 6.31. The highest BCUT2D eigenvalue weighted by Crippen LogP contribution is 2.29. The maximum Gasteiger partial charge on any atom is 0.324 e. The standard InChI is InChI=1S/C10H7ClN6O2/c11-4-1-2-6-5(3-4)13-10(19)14-9-7(8(12)18)15-16-17(6)9/h1-3H,(H2,12,18)(H2,13,14,19). The number of primary amides is 1. The molecule has 0 bridgehead atoms. The zero-order valence-corrected chi connectivity index (χ0v) is 10.1. The van der Waals surface area contributed by atoms with Crippen LogP contribution in [0.5, 0.6) is 0 Å². The number of nitrogens with one attached hydrogen (secondary N) is 2. The summed E-state index contributed by atoms with van der Waals surface area (Å²) < 4.78 is 1.31. The average Bonchev–Trinajstić information content (AvgIpc) is 2.67. The van der Waals surface area contributed by atoms with E-state index in [0.717, 1.165) is 0 Å². The molecule has 2 heterocycles. The smallest absolute Gasteiger partial charge is 0.324 e. The minimum absolute atomic E-state index is 0.113. The quantitative estimate of drug-likeness (QED) is 0.721. The number of hydrogen-bond donors (Lipinski definition) is 3. The Kier molecular flexibility index (Phi) is 2.39. The van der Waals surface area contributed by atoms with Crippen LogP contribution in [0.2, 0.25) is 5.02 Å². The van der Waals surface area contributed by atoms with Crippen LogP contribution < -0.4 is 16.4 Å². The molecule has 0 saturated carbocycles. The summed E-state index contributed by atoms with van der Waals surface area (Å²) in [5.41, 5.74) is 6.04. The van der Waals surface area contributed by atoms with Crippen molar-refractivity contribution in [3.63, 3.8) is 0 Å². The number of carbonyl (C=O) groups excluding carboxylic acids is 2. The third-order valence-corrected chi connectivity index (χ3v) is 2.81. The number of anilines is 2. The van der Waals surface area contributed by atoms with Gasteiger partial charge in [0.25, 0.3) is 5.91 Å². The van der Waals surface area contributed by atoms with Crippen molar-refractivity contribution in [2.24, 2.45) is 5.73 Å². The van der Waals surface area contributed by atoms with Gasteiger partial charge in [-0.25, -0.2) is 4.79 Å². The zero-order valence-electron chi connectivity index (χ0n) is 9.35. The minimum Gasteiger partial charge on any atom is -0.364 e. The van der Waals surface area contributed by atoms with E-state index in [1.54, 1.807) is 18.2 Å². The van der Waals surface area contributed by atoms with Gasteiger partial charge in [-0.2, -0.15) is 4.68 Å². The first kappa shape index (κ1) is 11.5. The maximum atomic E-state index is 11.7. The lowest BCUT2D eigenvalue weighted by Gasteiger charge is -2.06. The largest absolute Gasteiger partial charge is 0.364 e. The molecule has 1 aliphatic rings. The Labute approximate surface area is 111 Å². The molecule has 9 heteroatoms. The molecule has 4 N–H and O–H groups in total. The van der Waals surface area contributed by atoms with E-state index >= 15 is 0 Å². The Morgan fingerprint density at radius 3 is 2.89 bits per heavy atom. The summed E-state index contributed by atoms with van der Waals surface area (Å²) in [7, 11) is 0. The van der Waals surface area contributed by atoms with Gasteiger partial charge in [0.1, 0.15) is 0 Å². The van der Waals surface area contributed by atoms with Gasteiger partial charge < -0.3 is 11.1 Å². The van der Waals surface area contributed by atoms with Crippen LogP contribution in [0.1, 0.15) is 10.5 Å². The summed E-state index contributed by atoms with van der Waals surface area (Å²) in [4.78, 5) is 22.9. The van der Waals surface area contributed by atoms with Crippen molar-refractivity contribution in [3.05, 3.63) is 28.9 Å². The minimum atomic E-state index is -0.779. The monoisotopic (exact) mass is 278 g/mol. The van der Waals surface area contributed by atoms with Crippen LogP contribution >= 0.6 is 11.6 Å². The predicted molar refractivity (Wildman–Crippen MR) is 67.5 cm³/mol. The number of fused-ring (bicyclic) bond motifs is 3. The molecule has 1 aromatic heterocycles. The van der Waals surface area contributed by atoms with Crippen molar-refractivity contribution in [2.45, 2.75) is 0 Å². The molecule has 2 aromatic rings. The first-order valence-electron chi connectivity index (χ1n) is 5.19. The second-order valence-corrected chi connectivity index (χ2v) is 4.24. The second kappa shape index (κ2) is 3.95. The number of rotatable bonds is 1. The van der Waals surface area contributed by atoms with Gasteiger partial charge in [0.05, 0.1) is 11.4 Å². The van der Waals surface area contributed by atoms with Crippen LogP contribution in [-0.2, 0) is 0 Å². The summed E-state index contributed by atoms with van der Waals surface area (Å²) in [6.07, 6.45) is 0. The molecule has 3 amide bonds. The Morgan fingerprint density at radius 2 is 2.16 bits per heavy atom. The van der Waals surface area contributed by atoms with Crippen molar-refractivity contribution >= 4 is 35.0 Å². The lowest BCUT2D eigenvalue weighted by molar-refractivity contribution is 0.0996. The molecular weight excluding hydrogens is 272 g/mol. The van der Waals surface area contributed by atoms with Crippen molar-refractivity contribution in [1.82, 2.24) is 15.0 Å². The lowest BCUT2D eigenvalue weighted by Crippen LogP contribution is -2.21. The van der Waals surface area contributed by atoms with Crippen LogP contribution in [0.15, 0.2) is 18.2 Å². The van der Waals surface area contributed by atoms with Gasteiger partial charge in [-0.3, -0.25) is 10.1 Å². The number of urea groups is 1. The number of nitrogens with zero attached hydrogens (tertiary/aromatic N) is 3. The maximum absolute atomic E-state index is 11.7. The molecular formula is C10H7ClN6O2. The number of amides is 3. The SMILES string of the molecule is NC(=O)c1nnn2c1NC(=O)Nc1cc(Cl)ccc1-2. The molecule has 0 aliphatic carbocycles. The topological polar surface area (TPSA) is 115 Å². The number of carbonyl (C=O) groups is 2. The van der Waals surface area contributed by atoms with Crippen molar-refractivity contribution < 1.29 is 9.59 Å². The van der Waals surface area contributed by atoms with Crippen LogP contribution in [0, 0.1) is 0 Å². The zero-order chi connectivity index (χ0) is 13.6. The fraction of sp³-hybridized carbons (Fsp3) is 0. The number of nitrogens with two attached hydrogens (primary N) is 1. The van der Waals surface area contributed by atoms with Gasteiger partial charge in [0.2, 0.25) is 0 Å². The highest BCUT2D eigenvalue weighted by Gasteiger charge is 2.25. The normalized spacial score (nSPS) is 12.8. The number of halogens is 1. The molecule has 0 unspecified atom stereocenters. The van der Waals surface area contributed by atoms with Crippen molar-refractivity contribution in [1.29, 1.82) is 0 Å². The molecule has 0 spiro atoms. The Morgan fingerprint density at radius 1 is 1.37 bits per heavy atom. The fourth-order valence-corrected chi connectivity index (χ4v) is 1.95. The first-order chi connectivity index (χ1) is 9.06. The van der Waals surface area contributed by atoms with Gasteiger partial charge in [-0.1, -0.05) is 16.8 Å². The number of benzene rings is 1. The van der Waals surface area contributed by atoms with Gasteiger partial charge in [0.15, 0.2) is 11.5 Å². The van der Waals surface area contributed by atoms with E-state index in [9.17, 15) is 9.59 Å². The Balaban J connectivity index is 2.28. The molecule has 0 atom stereocenters. The second-order valence-electron chi connectivity index (χ2n) is 3.80. The van der Waals surface area contributed by atoms with E-state index in [4.69, 9.17) is 17.3 Å². The van der Waals surface area contributed by atoms with Gasteiger partial charge in [-0.05, 0) is 18.2 Å². The average molecular weight is 279 g/mol. The predicted octanol–water partition coefficient (Wildman–Crippen LogP) is 0.977. The highest BCUT2D eigenvalue weighted by atomic mass is 35.5. The van der Waals surface area contributed by atoms with Crippen LogP contribution in [0.3, 0.4) is 0 Å². The first-order valence-corrected chi connectivity index (χ1v) is 5.57. The third kappa shape index (κ3) is 1.78. The van der Waals surface area contributed by atoms with Crippen molar-refractivity contribution in [2.75, 3.05) is 10.6 Å². The number of hydrogen-bond acceptors (Lipinski definition) is 4. The van der Waals surface area contributed by atoms with E-state index in [1.165, 1.54) is 4.68 Å². The van der Waals surface area contributed by atoms with Gasteiger partial charge >= 0.3 is 6.03 Å². The van der Waals surface area contributed by atoms with E-state index in [1.807, 2.05) is 0 Å². The van der Waals surface area contributed by atoms with E-state index in [0.29, 0.717) is 16.4 Å². The lowest BCUT2D eigenvalue weighted by atomic mass is 10.2. The molecule has 0 saturated heterocycles. The van der Waals surface area contributed by atoms with Crippen LogP contribution in [-0.4, -0.2) is 26.9 Å². The van der Waals surface area contributed by atoms with Crippen LogP contribution in [0.25, 0.3) is 5.69 Å².